The first kappa shape index (κ1) is 47.7. The number of carbonyl (C=O) groups is 2. The lowest BCUT2D eigenvalue weighted by Gasteiger charge is -2.26. The van der Waals surface area contributed by atoms with Gasteiger partial charge in [-0.05, 0) is 32.6 Å². The largest absolute Gasteiger partial charge is 0.481 e. The van der Waals surface area contributed by atoms with Crippen molar-refractivity contribution in [2.45, 2.75) is 187 Å². The van der Waals surface area contributed by atoms with Crippen molar-refractivity contribution < 1.29 is 19.8 Å². The number of unbranched alkanes of at least 4 members (excludes halogenated alkanes) is 13. The second-order valence-corrected chi connectivity index (χ2v) is 23.8. The minimum atomic E-state index is -0.933. The van der Waals surface area contributed by atoms with Crippen LogP contribution in [0.2, 0.25) is 43.3 Å². The predicted octanol–water partition coefficient (Wildman–Crippen LogP) is 13.0. The molecule has 1 rings (SSSR count). The maximum Gasteiger partial charge on any atom is 0.303 e. The SMILES string of the molecule is C=CCCCCCCCCC(=O)O.CC(C)[SiH](C)C.CC(C)[Si](C)(C)CCCCCCCCCCC(=O)O.Cc1ccccc1. The molecular formula is C39H76O4Si2. The number of rotatable bonds is 22. The van der Waals surface area contributed by atoms with Crippen LogP contribution >= 0.6 is 0 Å². The fraction of sp³-hybridized carbons (Fsp3) is 0.744. The van der Waals surface area contributed by atoms with E-state index in [9.17, 15) is 9.59 Å². The van der Waals surface area contributed by atoms with Gasteiger partial charge in [0.15, 0.2) is 0 Å². The standard InChI is InChI=1S/C16H34O2Si.C11H20O2.C7H8.C5H14Si/c1-15(2)19(3,4)14-12-10-8-6-5-7-9-11-13-16(17)18;1-2-3-4-5-6-7-8-9-10-11(12)13;1-7-5-3-2-4-6-7;1-5(2)6(3)4/h15H,5-14H2,1-4H3,(H,17,18);2H,1,3-10H2,(H,12,13);2-6H,1H3;5-6H,1-4H3. The Morgan fingerprint density at radius 3 is 1.36 bits per heavy atom. The summed E-state index contributed by atoms with van der Waals surface area (Å²) in [6.07, 6.45) is 20.4. The van der Waals surface area contributed by atoms with Crippen molar-refractivity contribution in [3.63, 3.8) is 0 Å². The van der Waals surface area contributed by atoms with Crippen LogP contribution in [0.4, 0.5) is 0 Å². The zero-order chi connectivity index (χ0) is 34.9. The molecule has 0 aliphatic carbocycles. The summed E-state index contributed by atoms with van der Waals surface area (Å²) in [5, 5.41) is 16.9. The van der Waals surface area contributed by atoms with Crippen molar-refractivity contribution in [3.8, 4) is 0 Å². The van der Waals surface area contributed by atoms with Crippen molar-refractivity contribution in [2.24, 2.45) is 0 Å². The minimum absolute atomic E-state index is 0.244. The van der Waals surface area contributed by atoms with Gasteiger partial charge in [0.05, 0.1) is 0 Å². The van der Waals surface area contributed by atoms with E-state index in [0.29, 0.717) is 12.8 Å². The first-order valence-corrected chi connectivity index (χ1v) is 24.5. The normalized spacial score (nSPS) is 10.8. The highest BCUT2D eigenvalue weighted by atomic mass is 28.3. The molecule has 1 aromatic carbocycles. The summed E-state index contributed by atoms with van der Waals surface area (Å²) in [5.41, 5.74) is 3.22. The lowest BCUT2D eigenvalue weighted by molar-refractivity contribution is -0.138. The van der Waals surface area contributed by atoms with Gasteiger partial charge in [0, 0.05) is 29.7 Å². The Labute approximate surface area is 283 Å². The predicted molar refractivity (Wildman–Crippen MR) is 206 cm³/mol. The van der Waals surface area contributed by atoms with E-state index in [2.05, 4.69) is 79.5 Å². The van der Waals surface area contributed by atoms with Crippen LogP contribution in [0.3, 0.4) is 0 Å². The number of allylic oxidation sites excluding steroid dienone is 1. The van der Waals surface area contributed by atoms with Gasteiger partial charge in [0.25, 0.3) is 0 Å². The Morgan fingerprint density at radius 1 is 0.711 bits per heavy atom. The smallest absolute Gasteiger partial charge is 0.303 e. The monoisotopic (exact) mass is 665 g/mol. The maximum absolute atomic E-state index is 10.3. The molecule has 2 N–H and O–H groups in total. The topological polar surface area (TPSA) is 74.6 Å². The van der Waals surface area contributed by atoms with Crippen molar-refractivity contribution in [3.05, 3.63) is 48.6 Å². The number of hydrogen-bond acceptors (Lipinski definition) is 2. The van der Waals surface area contributed by atoms with E-state index in [4.69, 9.17) is 10.2 Å². The van der Waals surface area contributed by atoms with Crippen LogP contribution in [-0.2, 0) is 9.59 Å². The quantitative estimate of drug-likeness (QED) is 0.0735. The van der Waals surface area contributed by atoms with Crippen molar-refractivity contribution in [1.82, 2.24) is 0 Å². The molecule has 264 valence electrons. The summed E-state index contributed by atoms with van der Waals surface area (Å²) in [4.78, 5) is 20.5. The molecule has 0 unspecified atom stereocenters. The zero-order valence-electron chi connectivity index (χ0n) is 31.3. The Balaban J connectivity index is -0.000000579. The Hall–Kier alpha value is -1.67. The van der Waals surface area contributed by atoms with Crippen LogP contribution in [0.25, 0.3) is 0 Å². The van der Waals surface area contributed by atoms with Gasteiger partial charge in [0.2, 0.25) is 0 Å². The molecule has 6 heteroatoms. The van der Waals surface area contributed by atoms with E-state index in [1.54, 1.807) is 0 Å². The van der Waals surface area contributed by atoms with E-state index in [-0.39, 0.29) is 8.80 Å². The van der Waals surface area contributed by atoms with E-state index in [0.717, 1.165) is 43.2 Å². The fourth-order valence-corrected chi connectivity index (χ4v) is 5.75. The van der Waals surface area contributed by atoms with Crippen LogP contribution in [0.15, 0.2) is 43.0 Å². The lowest BCUT2D eigenvalue weighted by Crippen LogP contribution is -2.28. The van der Waals surface area contributed by atoms with Gasteiger partial charge in [0.1, 0.15) is 0 Å². The highest BCUT2D eigenvalue weighted by molar-refractivity contribution is 6.78. The maximum atomic E-state index is 10.3. The number of carboxylic acids is 2. The third-order valence-electron chi connectivity index (χ3n) is 8.85. The molecule has 0 fully saturated rings. The molecule has 4 nitrogen and oxygen atoms in total. The van der Waals surface area contributed by atoms with Gasteiger partial charge in [-0.25, -0.2) is 0 Å². The summed E-state index contributed by atoms with van der Waals surface area (Å²) < 4.78 is 0. The molecule has 0 amide bonds. The van der Waals surface area contributed by atoms with Gasteiger partial charge in [-0.1, -0.05) is 184 Å². The van der Waals surface area contributed by atoms with Crippen LogP contribution in [0.5, 0.6) is 0 Å². The van der Waals surface area contributed by atoms with Crippen molar-refractivity contribution in [2.75, 3.05) is 0 Å². The molecule has 0 aromatic heterocycles. The average molecular weight is 665 g/mol. The number of aryl methyl sites for hydroxylation is 1. The van der Waals surface area contributed by atoms with Crippen LogP contribution in [-0.4, -0.2) is 39.0 Å². The van der Waals surface area contributed by atoms with Gasteiger partial charge in [-0.3, -0.25) is 9.59 Å². The van der Waals surface area contributed by atoms with Crippen molar-refractivity contribution >= 4 is 28.8 Å². The third kappa shape index (κ3) is 42.3. The first-order valence-electron chi connectivity index (χ1n) is 18.2. The Morgan fingerprint density at radius 2 is 1.07 bits per heavy atom. The van der Waals surface area contributed by atoms with Crippen LogP contribution in [0.1, 0.15) is 142 Å². The lowest BCUT2D eigenvalue weighted by atomic mass is 10.1. The Kier molecular flexibility index (Phi) is 35.7. The zero-order valence-corrected chi connectivity index (χ0v) is 33.5. The van der Waals surface area contributed by atoms with E-state index >= 15 is 0 Å². The molecule has 0 bridgehead atoms. The van der Waals surface area contributed by atoms with Gasteiger partial charge in [-0.2, -0.15) is 0 Å². The summed E-state index contributed by atoms with van der Waals surface area (Å²) in [7, 11) is -1.18. The first-order chi connectivity index (χ1) is 21.2. The van der Waals surface area contributed by atoms with Gasteiger partial charge in [-0.15, -0.1) is 6.58 Å². The summed E-state index contributed by atoms with van der Waals surface area (Å²) in [5.74, 6) is -1.33. The summed E-state index contributed by atoms with van der Waals surface area (Å²) in [6.45, 7) is 24.9. The number of carboxylic acid groups (broad SMARTS) is 2. The minimum Gasteiger partial charge on any atom is -0.481 e. The third-order valence-corrected chi connectivity index (χ3v) is 16.3. The number of hydrogen-bond donors (Lipinski definition) is 2. The van der Waals surface area contributed by atoms with E-state index in [1.165, 1.54) is 75.8 Å². The fourth-order valence-electron chi connectivity index (χ4n) is 4.01. The molecule has 1 aromatic rings. The molecule has 0 spiro atoms. The molecule has 0 aliphatic rings. The van der Waals surface area contributed by atoms with E-state index < -0.39 is 20.0 Å². The van der Waals surface area contributed by atoms with Crippen LogP contribution in [0, 0.1) is 6.92 Å². The van der Waals surface area contributed by atoms with Gasteiger partial charge < -0.3 is 10.2 Å². The molecular weight excluding hydrogens is 589 g/mol. The molecule has 0 heterocycles. The van der Waals surface area contributed by atoms with Crippen LogP contribution < -0.4 is 0 Å². The van der Waals surface area contributed by atoms with E-state index in [1.807, 2.05) is 24.3 Å². The molecule has 0 saturated heterocycles. The molecule has 0 atom stereocenters. The molecule has 45 heavy (non-hydrogen) atoms. The number of aliphatic carboxylic acids is 2. The Bertz CT molecular complexity index is 785. The molecule has 0 saturated carbocycles. The second-order valence-electron chi connectivity index (χ2n) is 14.4. The summed E-state index contributed by atoms with van der Waals surface area (Å²) >= 11 is 0. The molecule has 0 aliphatic heterocycles. The molecule has 0 radical (unpaired) electrons. The van der Waals surface area contributed by atoms with Crippen molar-refractivity contribution in [1.29, 1.82) is 0 Å². The highest BCUT2D eigenvalue weighted by Gasteiger charge is 2.23. The second kappa shape index (κ2) is 33.7. The summed E-state index contributed by atoms with van der Waals surface area (Å²) in [6, 6.07) is 11.7. The number of benzene rings is 1. The average Bonchev–Trinajstić information content (AvgIpc) is 2.96. The van der Waals surface area contributed by atoms with Gasteiger partial charge >= 0.3 is 11.9 Å². The highest BCUT2D eigenvalue weighted by Crippen LogP contribution is 2.27.